The second kappa shape index (κ2) is 6.01. The van der Waals surface area contributed by atoms with E-state index in [4.69, 9.17) is 0 Å². The van der Waals surface area contributed by atoms with Gasteiger partial charge in [0.15, 0.2) is 10.9 Å². The molecule has 0 spiro atoms. The number of aryl methyl sites for hydroxylation is 2. The van der Waals surface area contributed by atoms with Crippen molar-refractivity contribution < 1.29 is 13.0 Å². The lowest BCUT2D eigenvalue weighted by atomic mass is 10.00. The zero-order chi connectivity index (χ0) is 21.4. The van der Waals surface area contributed by atoms with E-state index in [1.54, 1.807) is 19.1 Å². The molecule has 0 aliphatic rings. The van der Waals surface area contributed by atoms with E-state index in [0.717, 1.165) is 11.6 Å². The number of hydrogen-bond acceptors (Lipinski definition) is 4. The molecule has 30 heavy (non-hydrogen) atoms. The fourth-order valence-corrected chi connectivity index (χ4v) is 4.56. The van der Waals surface area contributed by atoms with Gasteiger partial charge in [0.2, 0.25) is 0 Å². The fraction of sp³-hybridized carbons (Fsp3) is 0.0909. The van der Waals surface area contributed by atoms with Crippen molar-refractivity contribution in [2.45, 2.75) is 18.7 Å². The third-order valence-electron chi connectivity index (χ3n) is 5.53. The Morgan fingerprint density at radius 1 is 0.767 bits per heavy atom. The summed E-state index contributed by atoms with van der Waals surface area (Å²) in [5.41, 5.74) is 3.24. The summed E-state index contributed by atoms with van der Waals surface area (Å²) in [6.07, 6.45) is 0. The predicted molar refractivity (Wildman–Crippen MR) is 117 cm³/mol. The molecule has 2 aromatic heterocycles. The van der Waals surface area contributed by atoms with Gasteiger partial charge in [-0.1, -0.05) is 6.07 Å². The van der Waals surface area contributed by atoms with Gasteiger partial charge in [-0.15, -0.1) is 0 Å². The molecule has 5 rings (SSSR count). The third kappa shape index (κ3) is 2.58. The van der Waals surface area contributed by atoms with E-state index in [9.17, 15) is 22.6 Å². The summed E-state index contributed by atoms with van der Waals surface area (Å²) in [6.45, 7) is 3.70. The van der Waals surface area contributed by atoms with E-state index < -0.39 is 10.1 Å². The van der Waals surface area contributed by atoms with Crippen LogP contribution in [0.25, 0.3) is 43.6 Å². The molecule has 8 heteroatoms. The number of hydrogen-bond donors (Lipinski definition) is 3. The van der Waals surface area contributed by atoms with Crippen LogP contribution in [0.2, 0.25) is 0 Å². The van der Waals surface area contributed by atoms with Crippen LogP contribution in [0.4, 0.5) is 0 Å². The summed E-state index contributed by atoms with van der Waals surface area (Å²) in [6, 6.07) is 10.9. The predicted octanol–water partition coefficient (Wildman–Crippen LogP) is 3.54. The number of rotatable bonds is 1. The van der Waals surface area contributed by atoms with Crippen molar-refractivity contribution in [3.05, 3.63) is 74.0 Å². The summed E-state index contributed by atoms with van der Waals surface area (Å²) < 4.78 is 32.3. The molecule has 2 heterocycles. The SMILES string of the molecule is Cc1ccc2c(=O)c3c(C)c4[nH]c5ccc(S(=O)(=O)O)cc5c(=O)c4cc3[nH]c2c1. The lowest BCUT2D eigenvalue weighted by Crippen LogP contribution is -2.11. The molecule has 0 fully saturated rings. The van der Waals surface area contributed by atoms with Crippen molar-refractivity contribution in [1.82, 2.24) is 9.97 Å². The minimum Gasteiger partial charge on any atom is -0.354 e. The molecule has 0 bridgehead atoms. The summed E-state index contributed by atoms with van der Waals surface area (Å²) in [5.74, 6) is 0. The van der Waals surface area contributed by atoms with E-state index in [0.29, 0.717) is 43.8 Å². The number of nitrogens with one attached hydrogen (secondary N) is 2. The summed E-state index contributed by atoms with van der Waals surface area (Å²) >= 11 is 0. The second-order valence-corrected chi connectivity index (χ2v) is 8.91. The Labute approximate surface area is 169 Å². The van der Waals surface area contributed by atoms with Gasteiger partial charge in [-0.2, -0.15) is 8.42 Å². The highest BCUT2D eigenvalue weighted by Crippen LogP contribution is 2.26. The highest BCUT2D eigenvalue weighted by Gasteiger charge is 2.17. The van der Waals surface area contributed by atoms with Crippen molar-refractivity contribution in [1.29, 1.82) is 0 Å². The molecule has 0 aliphatic heterocycles. The first-order valence-electron chi connectivity index (χ1n) is 9.18. The molecule has 0 radical (unpaired) electrons. The quantitative estimate of drug-likeness (QED) is 0.283. The van der Waals surface area contributed by atoms with Gasteiger partial charge in [-0.05, 0) is 61.4 Å². The Balaban J connectivity index is 1.99. The molecule has 3 N–H and O–H groups in total. The lowest BCUT2D eigenvalue weighted by Gasteiger charge is -2.11. The van der Waals surface area contributed by atoms with Crippen LogP contribution in [-0.2, 0) is 10.1 Å². The largest absolute Gasteiger partial charge is 0.354 e. The fourth-order valence-electron chi connectivity index (χ4n) is 4.05. The van der Waals surface area contributed by atoms with Crippen LogP contribution in [0.5, 0.6) is 0 Å². The Hall–Kier alpha value is -3.49. The Morgan fingerprint density at radius 2 is 1.53 bits per heavy atom. The van der Waals surface area contributed by atoms with Crippen LogP contribution in [-0.4, -0.2) is 22.9 Å². The van der Waals surface area contributed by atoms with Gasteiger partial charge in [0.05, 0.1) is 21.3 Å². The molecule has 0 saturated carbocycles. The molecular weight excluding hydrogens is 404 g/mol. The Bertz CT molecular complexity index is 1780. The monoisotopic (exact) mass is 420 g/mol. The topological polar surface area (TPSA) is 120 Å². The maximum absolute atomic E-state index is 13.2. The van der Waals surface area contributed by atoms with E-state index in [2.05, 4.69) is 9.97 Å². The first-order valence-corrected chi connectivity index (χ1v) is 10.6. The summed E-state index contributed by atoms with van der Waals surface area (Å²) in [7, 11) is -4.44. The highest BCUT2D eigenvalue weighted by atomic mass is 32.2. The Kier molecular flexibility index (Phi) is 3.71. The minimum absolute atomic E-state index is 0.124. The molecule has 0 saturated heterocycles. The first-order chi connectivity index (χ1) is 14.1. The number of H-pyrrole nitrogens is 2. The molecule has 150 valence electrons. The average molecular weight is 420 g/mol. The van der Waals surface area contributed by atoms with Crippen LogP contribution in [0.15, 0.2) is 56.9 Å². The molecule has 0 amide bonds. The third-order valence-corrected chi connectivity index (χ3v) is 6.38. The number of pyridine rings is 2. The van der Waals surface area contributed by atoms with Crippen molar-refractivity contribution in [2.24, 2.45) is 0 Å². The zero-order valence-corrected chi connectivity index (χ0v) is 16.8. The smallest absolute Gasteiger partial charge is 0.294 e. The maximum Gasteiger partial charge on any atom is 0.294 e. The van der Waals surface area contributed by atoms with E-state index >= 15 is 0 Å². The van der Waals surface area contributed by atoms with E-state index in [1.807, 2.05) is 19.1 Å². The highest BCUT2D eigenvalue weighted by molar-refractivity contribution is 7.85. The molecule has 0 atom stereocenters. The minimum atomic E-state index is -4.44. The average Bonchev–Trinajstić information content (AvgIpc) is 2.68. The Morgan fingerprint density at radius 3 is 2.27 bits per heavy atom. The number of aromatic amines is 2. The van der Waals surface area contributed by atoms with Crippen molar-refractivity contribution in [2.75, 3.05) is 0 Å². The van der Waals surface area contributed by atoms with Crippen molar-refractivity contribution >= 4 is 53.7 Å². The number of benzene rings is 3. The van der Waals surface area contributed by atoms with Crippen LogP contribution in [0.1, 0.15) is 11.1 Å². The van der Waals surface area contributed by atoms with Crippen molar-refractivity contribution in [3.63, 3.8) is 0 Å². The molecule has 7 nitrogen and oxygen atoms in total. The van der Waals surface area contributed by atoms with Crippen LogP contribution >= 0.6 is 0 Å². The zero-order valence-electron chi connectivity index (χ0n) is 16.0. The molecular formula is C22H16N2O5S. The van der Waals surface area contributed by atoms with Crippen molar-refractivity contribution in [3.8, 4) is 0 Å². The first kappa shape index (κ1) is 18.5. The molecule has 3 aromatic carbocycles. The van der Waals surface area contributed by atoms with Crippen LogP contribution in [0, 0.1) is 13.8 Å². The van der Waals surface area contributed by atoms with Gasteiger partial charge in [-0.3, -0.25) is 14.1 Å². The molecule has 0 aliphatic carbocycles. The van der Waals surface area contributed by atoms with Gasteiger partial charge in [0.25, 0.3) is 10.1 Å². The molecule has 0 unspecified atom stereocenters. The maximum atomic E-state index is 13.2. The van der Waals surface area contributed by atoms with Gasteiger partial charge in [-0.25, -0.2) is 0 Å². The van der Waals surface area contributed by atoms with Gasteiger partial charge in [0, 0.05) is 27.2 Å². The normalized spacial score (nSPS) is 12.4. The number of aromatic nitrogens is 2. The lowest BCUT2D eigenvalue weighted by molar-refractivity contribution is 0.483. The second-order valence-electron chi connectivity index (χ2n) is 7.49. The van der Waals surface area contributed by atoms with E-state index in [1.165, 1.54) is 12.1 Å². The summed E-state index contributed by atoms with van der Waals surface area (Å²) in [5, 5.41) is 1.51. The standard InChI is InChI=1S/C22H16N2O5S/c1-10-3-5-13-17(7-10)23-18-9-15-20(11(2)19(18)22(13)26)24-16-6-4-12(30(27,28)29)8-14(16)21(15)25/h3-9H,1-2H3,(H,23,26)(H,24,25)(H,27,28,29). The van der Waals surface area contributed by atoms with Gasteiger partial charge in [0.1, 0.15) is 0 Å². The van der Waals surface area contributed by atoms with Gasteiger partial charge >= 0.3 is 0 Å². The van der Waals surface area contributed by atoms with E-state index in [-0.39, 0.29) is 21.1 Å². The summed E-state index contributed by atoms with van der Waals surface area (Å²) in [4.78, 5) is 32.4. The molecule has 5 aromatic rings. The number of fused-ring (bicyclic) bond motifs is 4. The van der Waals surface area contributed by atoms with Gasteiger partial charge < -0.3 is 9.97 Å². The van der Waals surface area contributed by atoms with Crippen LogP contribution < -0.4 is 10.9 Å². The van der Waals surface area contributed by atoms with Crippen LogP contribution in [0.3, 0.4) is 0 Å².